The Labute approximate surface area is 167 Å². The molecule has 0 fully saturated rings. The summed E-state index contributed by atoms with van der Waals surface area (Å²) in [5, 5.41) is -0.128. The monoisotopic (exact) mass is 430 g/mol. The molecule has 0 bridgehead atoms. The Bertz CT molecular complexity index is 1000. The highest BCUT2D eigenvalue weighted by Crippen LogP contribution is 2.38. The lowest BCUT2D eigenvalue weighted by Crippen LogP contribution is -2.42. The third kappa shape index (κ3) is 3.87. The molecule has 0 amide bonds. The molecule has 2 aromatic carbocycles. The molecule has 0 saturated heterocycles. The zero-order valence-corrected chi connectivity index (χ0v) is 16.9. The fourth-order valence-electron chi connectivity index (χ4n) is 2.81. The molecule has 1 aromatic heterocycles. The number of H-pyrrole nitrogens is 1. The zero-order valence-electron chi connectivity index (χ0n) is 13.8. The molecule has 0 saturated carbocycles. The van der Waals surface area contributed by atoms with Crippen molar-refractivity contribution >= 4 is 55.7 Å². The van der Waals surface area contributed by atoms with Crippen molar-refractivity contribution in [3.05, 3.63) is 65.3 Å². The number of benzene rings is 2. The van der Waals surface area contributed by atoms with Crippen LogP contribution < -0.4 is 4.72 Å². The van der Waals surface area contributed by atoms with Crippen LogP contribution in [-0.2, 0) is 10.0 Å². The lowest BCUT2D eigenvalue weighted by molar-refractivity contribution is 0.533. The van der Waals surface area contributed by atoms with Crippen LogP contribution in [0.5, 0.6) is 0 Å². The summed E-state index contributed by atoms with van der Waals surface area (Å²) in [7, 11) is -3.78. The maximum absolute atomic E-state index is 12.7. The van der Waals surface area contributed by atoms with E-state index in [1.807, 2.05) is 24.3 Å². The van der Waals surface area contributed by atoms with Gasteiger partial charge in [-0.15, -0.1) is 23.2 Å². The van der Waals surface area contributed by atoms with Crippen LogP contribution in [0.1, 0.15) is 17.9 Å². The molecule has 8 heteroatoms. The Kier molecular flexibility index (Phi) is 5.85. The number of sulfonamides is 1. The second kappa shape index (κ2) is 7.79. The first-order valence-electron chi connectivity index (χ1n) is 7.93. The third-order valence-corrected chi connectivity index (χ3v) is 6.66. The van der Waals surface area contributed by atoms with Gasteiger partial charge in [0.25, 0.3) is 0 Å². The van der Waals surface area contributed by atoms with Crippen molar-refractivity contribution in [1.29, 1.82) is 0 Å². The molecule has 0 radical (unpaired) electrons. The number of fused-ring (bicyclic) bond motifs is 1. The molecule has 3 unspecified atom stereocenters. The van der Waals surface area contributed by atoms with Gasteiger partial charge in [0.15, 0.2) is 0 Å². The topological polar surface area (TPSA) is 62.0 Å². The van der Waals surface area contributed by atoms with Crippen LogP contribution in [-0.4, -0.2) is 24.8 Å². The van der Waals surface area contributed by atoms with Gasteiger partial charge in [-0.25, -0.2) is 13.1 Å². The van der Waals surface area contributed by atoms with Gasteiger partial charge < -0.3 is 4.98 Å². The van der Waals surface area contributed by atoms with E-state index < -0.39 is 26.8 Å². The molecule has 2 N–H and O–H groups in total. The Morgan fingerprint density at radius 1 is 1.00 bits per heavy atom. The van der Waals surface area contributed by atoms with Gasteiger partial charge in [0.05, 0.1) is 16.3 Å². The second-order valence-corrected chi connectivity index (χ2v) is 9.19. The second-order valence-electron chi connectivity index (χ2n) is 5.94. The molecular formula is C18H17Cl3N2O2S. The van der Waals surface area contributed by atoms with Crippen LogP contribution in [0.2, 0.25) is 5.15 Å². The molecule has 0 aliphatic heterocycles. The van der Waals surface area contributed by atoms with Crippen LogP contribution in [0, 0.1) is 0 Å². The van der Waals surface area contributed by atoms with Crippen LogP contribution in [0.25, 0.3) is 10.9 Å². The normalized spacial score (nSPS) is 15.7. The molecule has 4 nitrogen and oxygen atoms in total. The minimum atomic E-state index is -3.78. The fraction of sp³-hybridized carbons (Fsp3) is 0.222. The van der Waals surface area contributed by atoms with Crippen LogP contribution in [0.15, 0.2) is 59.5 Å². The number of hydrogen-bond acceptors (Lipinski definition) is 2. The van der Waals surface area contributed by atoms with Crippen molar-refractivity contribution in [3.8, 4) is 0 Å². The van der Waals surface area contributed by atoms with Gasteiger partial charge in [0, 0.05) is 21.8 Å². The van der Waals surface area contributed by atoms with Crippen molar-refractivity contribution in [1.82, 2.24) is 9.71 Å². The van der Waals surface area contributed by atoms with E-state index in [0.717, 1.165) is 10.9 Å². The smallest absolute Gasteiger partial charge is 0.240 e. The Morgan fingerprint density at radius 2 is 1.62 bits per heavy atom. The fourth-order valence-corrected chi connectivity index (χ4v) is 5.48. The highest BCUT2D eigenvalue weighted by Gasteiger charge is 2.33. The number of para-hydroxylation sites is 1. The standard InChI is InChI=1S/C18H17Cl3N2O2S/c1-11(19)17(23-26(24,25)12-7-3-2-4-8-12)16(20)15-13-9-5-6-10-14(13)22-18(15)21/h2-11,16-17,22-23H,1H3. The molecule has 26 heavy (non-hydrogen) atoms. The number of aromatic amines is 1. The first kappa shape index (κ1) is 19.5. The van der Waals surface area contributed by atoms with E-state index in [1.165, 1.54) is 12.1 Å². The molecule has 0 aliphatic carbocycles. The van der Waals surface area contributed by atoms with Gasteiger partial charge in [0.1, 0.15) is 5.15 Å². The van der Waals surface area contributed by atoms with Crippen molar-refractivity contribution in [3.63, 3.8) is 0 Å². The first-order chi connectivity index (χ1) is 12.3. The quantitative estimate of drug-likeness (QED) is 0.535. The largest absolute Gasteiger partial charge is 0.345 e. The van der Waals surface area contributed by atoms with E-state index in [2.05, 4.69) is 9.71 Å². The molecule has 3 atom stereocenters. The third-order valence-electron chi connectivity index (χ3n) is 4.13. The minimum absolute atomic E-state index is 0.149. The Balaban J connectivity index is 1.99. The number of hydrogen-bond donors (Lipinski definition) is 2. The van der Waals surface area contributed by atoms with E-state index in [9.17, 15) is 8.42 Å². The average Bonchev–Trinajstić information content (AvgIpc) is 2.95. The predicted molar refractivity (Wildman–Crippen MR) is 108 cm³/mol. The summed E-state index contributed by atoms with van der Waals surface area (Å²) in [6.07, 6.45) is 0. The number of nitrogens with one attached hydrogen (secondary N) is 2. The van der Waals surface area contributed by atoms with E-state index in [-0.39, 0.29) is 4.90 Å². The lowest BCUT2D eigenvalue weighted by Gasteiger charge is -2.26. The molecular weight excluding hydrogens is 415 g/mol. The summed E-state index contributed by atoms with van der Waals surface area (Å²) in [6.45, 7) is 1.69. The maximum Gasteiger partial charge on any atom is 0.240 e. The van der Waals surface area contributed by atoms with Crippen LogP contribution in [0.3, 0.4) is 0 Å². The highest BCUT2D eigenvalue weighted by atomic mass is 35.5. The molecule has 0 spiro atoms. The van der Waals surface area contributed by atoms with E-state index in [1.54, 1.807) is 25.1 Å². The highest BCUT2D eigenvalue weighted by molar-refractivity contribution is 7.89. The van der Waals surface area contributed by atoms with Gasteiger partial charge in [-0.1, -0.05) is 48.0 Å². The van der Waals surface area contributed by atoms with Gasteiger partial charge in [-0.2, -0.15) is 0 Å². The van der Waals surface area contributed by atoms with E-state index in [0.29, 0.717) is 10.7 Å². The van der Waals surface area contributed by atoms with E-state index in [4.69, 9.17) is 34.8 Å². The Morgan fingerprint density at radius 3 is 2.27 bits per heavy atom. The number of alkyl halides is 2. The van der Waals surface area contributed by atoms with Gasteiger partial charge in [-0.3, -0.25) is 0 Å². The summed E-state index contributed by atoms with van der Waals surface area (Å²) in [5.41, 5.74) is 1.45. The molecule has 3 aromatic rings. The summed E-state index contributed by atoms with van der Waals surface area (Å²) < 4.78 is 28.0. The number of halogens is 3. The summed E-state index contributed by atoms with van der Waals surface area (Å²) in [4.78, 5) is 3.21. The molecule has 1 heterocycles. The minimum Gasteiger partial charge on any atom is -0.345 e. The first-order valence-corrected chi connectivity index (χ1v) is 10.7. The SMILES string of the molecule is CC(Cl)C(NS(=O)(=O)c1ccccc1)C(Cl)c1c(Cl)[nH]c2ccccc12. The lowest BCUT2D eigenvalue weighted by atomic mass is 10.0. The molecule has 3 rings (SSSR count). The van der Waals surface area contributed by atoms with Crippen molar-refractivity contribution in [2.75, 3.05) is 0 Å². The van der Waals surface area contributed by atoms with Crippen LogP contribution >= 0.6 is 34.8 Å². The van der Waals surface area contributed by atoms with Gasteiger partial charge in [0.2, 0.25) is 10.0 Å². The average molecular weight is 432 g/mol. The summed E-state index contributed by atoms with van der Waals surface area (Å²) in [6, 6.07) is 14.8. The summed E-state index contributed by atoms with van der Waals surface area (Å²) in [5.74, 6) is 0. The van der Waals surface area contributed by atoms with Crippen molar-refractivity contribution < 1.29 is 8.42 Å². The molecule has 138 valence electrons. The predicted octanol–water partition coefficient (Wildman–Crippen LogP) is 5.08. The summed E-state index contributed by atoms with van der Waals surface area (Å²) >= 11 is 19.3. The maximum atomic E-state index is 12.7. The van der Waals surface area contributed by atoms with E-state index >= 15 is 0 Å². The number of aromatic nitrogens is 1. The van der Waals surface area contributed by atoms with Crippen molar-refractivity contribution in [2.24, 2.45) is 0 Å². The van der Waals surface area contributed by atoms with Gasteiger partial charge >= 0.3 is 0 Å². The van der Waals surface area contributed by atoms with Crippen LogP contribution in [0.4, 0.5) is 0 Å². The number of rotatable bonds is 6. The van der Waals surface area contributed by atoms with Crippen molar-refractivity contribution in [2.45, 2.75) is 28.6 Å². The zero-order chi connectivity index (χ0) is 18.9. The Hall–Kier alpha value is -1.24. The molecule has 0 aliphatic rings. The van der Waals surface area contributed by atoms with Gasteiger partial charge in [-0.05, 0) is 25.1 Å².